The molecule has 0 rings (SSSR count). The number of allylic oxidation sites excluding steroid dienone is 1. The van der Waals surface area contributed by atoms with E-state index in [1.165, 1.54) is 0 Å². The van der Waals surface area contributed by atoms with Gasteiger partial charge in [0.05, 0.1) is 12.9 Å². The summed E-state index contributed by atoms with van der Waals surface area (Å²) < 4.78 is 64.0. The molecule has 0 N–H and O–H groups in total. The number of rotatable bonds is 8. The van der Waals surface area contributed by atoms with Crippen molar-refractivity contribution in [2.75, 3.05) is 12.9 Å². The van der Waals surface area contributed by atoms with E-state index in [-0.39, 0.29) is 19.3 Å². The summed E-state index contributed by atoms with van der Waals surface area (Å²) in [6.07, 6.45) is 1.63. The van der Waals surface area contributed by atoms with Gasteiger partial charge in [0.1, 0.15) is 0 Å². The van der Waals surface area contributed by atoms with Crippen LogP contribution in [-0.2, 0) is 19.4 Å². The normalized spacial score (nSPS) is 13.9. The minimum atomic E-state index is -4.29. The highest BCUT2D eigenvalue weighted by Gasteiger charge is 2.32. The first-order chi connectivity index (χ1) is 9.64. The zero-order chi connectivity index (χ0) is 16.5. The SMILES string of the molecule is C#CCCC(C(=O)OC)S(=O)(=O)CC=CCCC(F)(F)F. The average molecular weight is 326 g/mol. The summed E-state index contributed by atoms with van der Waals surface area (Å²) in [6.45, 7) is 0. The number of methoxy groups -OCH3 is 1. The molecule has 120 valence electrons. The van der Waals surface area contributed by atoms with Gasteiger partial charge in [0.15, 0.2) is 15.1 Å². The summed E-state index contributed by atoms with van der Waals surface area (Å²) in [5, 5.41) is -1.40. The second-order valence-electron chi connectivity index (χ2n) is 4.21. The van der Waals surface area contributed by atoms with Crippen LogP contribution >= 0.6 is 0 Å². The van der Waals surface area contributed by atoms with Crippen LogP contribution in [0.25, 0.3) is 0 Å². The maximum absolute atomic E-state index is 12.0. The Labute approximate surface area is 122 Å². The predicted molar refractivity (Wildman–Crippen MR) is 72.1 cm³/mol. The van der Waals surface area contributed by atoms with E-state index in [9.17, 15) is 26.4 Å². The van der Waals surface area contributed by atoms with Gasteiger partial charge in [-0.15, -0.1) is 12.3 Å². The number of halogens is 3. The number of hydrogen-bond acceptors (Lipinski definition) is 4. The molecule has 0 fully saturated rings. The van der Waals surface area contributed by atoms with Gasteiger partial charge in [0, 0.05) is 12.8 Å². The molecule has 0 aromatic heterocycles. The molecule has 1 atom stereocenters. The Morgan fingerprint density at radius 3 is 2.48 bits per heavy atom. The lowest BCUT2D eigenvalue weighted by Crippen LogP contribution is -2.32. The van der Waals surface area contributed by atoms with E-state index in [1.54, 1.807) is 0 Å². The van der Waals surface area contributed by atoms with Crippen molar-refractivity contribution in [1.82, 2.24) is 0 Å². The Hall–Kier alpha value is -1.49. The number of carbonyl (C=O) groups is 1. The van der Waals surface area contributed by atoms with Gasteiger partial charge in [-0.2, -0.15) is 13.2 Å². The van der Waals surface area contributed by atoms with E-state index in [0.29, 0.717) is 0 Å². The Kier molecular flexibility index (Phi) is 8.10. The lowest BCUT2D eigenvalue weighted by Gasteiger charge is -2.13. The number of sulfone groups is 1. The molecule has 0 saturated heterocycles. The van der Waals surface area contributed by atoms with Gasteiger partial charge in [-0.3, -0.25) is 4.79 Å². The molecule has 8 heteroatoms. The Balaban J connectivity index is 4.65. The standard InChI is InChI=1S/C13H17F3O4S/c1-3-4-8-11(12(17)20-2)21(18,19)10-7-5-6-9-13(14,15)16/h1,5,7,11H,4,6,8-10H2,2H3. The molecule has 4 nitrogen and oxygen atoms in total. The van der Waals surface area contributed by atoms with Gasteiger partial charge in [-0.05, 0) is 12.8 Å². The molecule has 0 aromatic rings. The fraction of sp³-hybridized carbons (Fsp3) is 0.615. The minimum Gasteiger partial charge on any atom is -0.468 e. The summed E-state index contributed by atoms with van der Waals surface area (Å²) >= 11 is 0. The second kappa shape index (κ2) is 8.72. The topological polar surface area (TPSA) is 60.4 Å². The largest absolute Gasteiger partial charge is 0.468 e. The van der Waals surface area contributed by atoms with Crippen molar-refractivity contribution >= 4 is 15.8 Å². The third-order valence-corrected chi connectivity index (χ3v) is 4.49. The van der Waals surface area contributed by atoms with Gasteiger partial charge < -0.3 is 4.74 Å². The number of esters is 1. The number of hydrogen-bond donors (Lipinski definition) is 0. The van der Waals surface area contributed by atoms with Crippen LogP contribution in [0.3, 0.4) is 0 Å². The van der Waals surface area contributed by atoms with Crippen molar-refractivity contribution in [3.8, 4) is 12.3 Å². The monoisotopic (exact) mass is 326 g/mol. The first-order valence-corrected chi connectivity index (χ1v) is 7.80. The van der Waals surface area contributed by atoms with Gasteiger partial charge in [-0.25, -0.2) is 8.42 Å². The van der Waals surface area contributed by atoms with E-state index in [1.807, 2.05) is 0 Å². The van der Waals surface area contributed by atoms with Crippen LogP contribution in [-0.4, -0.2) is 38.7 Å². The maximum Gasteiger partial charge on any atom is 0.389 e. The summed E-state index contributed by atoms with van der Waals surface area (Å²) in [5.41, 5.74) is 0. The fourth-order valence-electron chi connectivity index (χ4n) is 1.47. The third kappa shape index (κ3) is 8.40. The first kappa shape index (κ1) is 19.5. The molecule has 0 aromatic carbocycles. The summed E-state index contributed by atoms with van der Waals surface area (Å²) in [5.74, 6) is 0.772. The van der Waals surface area contributed by atoms with Crippen molar-refractivity contribution in [1.29, 1.82) is 0 Å². The molecular formula is C13H17F3O4S. The lowest BCUT2D eigenvalue weighted by atomic mass is 10.2. The van der Waals surface area contributed by atoms with E-state index in [2.05, 4.69) is 10.7 Å². The Morgan fingerprint density at radius 1 is 1.38 bits per heavy atom. The van der Waals surface area contributed by atoms with Crippen LogP contribution in [0.15, 0.2) is 12.2 Å². The van der Waals surface area contributed by atoms with Crippen LogP contribution in [0.1, 0.15) is 25.7 Å². The maximum atomic E-state index is 12.0. The van der Waals surface area contributed by atoms with E-state index in [0.717, 1.165) is 19.3 Å². The quantitative estimate of drug-likeness (QED) is 0.390. The minimum absolute atomic E-state index is 0.0801. The molecule has 0 radical (unpaired) electrons. The lowest BCUT2D eigenvalue weighted by molar-refractivity contribution is -0.140. The molecule has 0 aliphatic rings. The number of ether oxygens (including phenoxy) is 1. The van der Waals surface area contributed by atoms with Crippen molar-refractivity contribution < 1.29 is 31.1 Å². The van der Waals surface area contributed by atoms with Gasteiger partial charge in [0.25, 0.3) is 0 Å². The highest BCUT2D eigenvalue weighted by molar-refractivity contribution is 7.92. The van der Waals surface area contributed by atoms with Crippen molar-refractivity contribution in [2.45, 2.75) is 37.1 Å². The smallest absolute Gasteiger partial charge is 0.389 e. The molecule has 0 saturated carbocycles. The Bertz CT molecular complexity index is 500. The third-order valence-electron chi connectivity index (χ3n) is 2.54. The molecule has 1 unspecified atom stereocenters. The number of alkyl halides is 3. The highest BCUT2D eigenvalue weighted by Crippen LogP contribution is 2.21. The second-order valence-corrected chi connectivity index (χ2v) is 6.44. The van der Waals surface area contributed by atoms with Crippen LogP contribution in [0.4, 0.5) is 13.2 Å². The molecule has 0 aliphatic carbocycles. The fourth-order valence-corrected chi connectivity index (χ4v) is 2.98. The van der Waals surface area contributed by atoms with Crippen LogP contribution < -0.4 is 0 Å². The molecule has 0 amide bonds. The van der Waals surface area contributed by atoms with E-state index >= 15 is 0 Å². The van der Waals surface area contributed by atoms with Crippen molar-refractivity contribution in [3.63, 3.8) is 0 Å². The summed E-state index contributed by atoms with van der Waals surface area (Å²) in [4.78, 5) is 11.4. The van der Waals surface area contributed by atoms with Gasteiger partial charge in [0.2, 0.25) is 0 Å². The van der Waals surface area contributed by atoms with Crippen LogP contribution in [0.2, 0.25) is 0 Å². The van der Waals surface area contributed by atoms with E-state index < -0.39 is 39.4 Å². The molecule has 0 bridgehead atoms. The van der Waals surface area contributed by atoms with Crippen molar-refractivity contribution in [3.05, 3.63) is 12.2 Å². The van der Waals surface area contributed by atoms with Crippen molar-refractivity contribution in [2.24, 2.45) is 0 Å². The van der Waals surface area contributed by atoms with E-state index in [4.69, 9.17) is 6.42 Å². The first-order valence-electron chi connectivity index (χ1n) is 6.08. The molecule has 21 heavy (non-hydrogen) atoms. The zero-order valence-electron chi connectivity index (χ0n) is 11.5. The van der Waals surface area contributed by atoms with Crippen LogP contribution in [0.5, 0.6) is 0 Å². The van der Waals surface area contributed by atoms with Crippen LogP contribution in [0, 0.1) is 12.3 Å². The molecule has 0 aliphatic heterocycles. The molecular weight excluding hydrogens is 309 g/mol. The Morgan fingerprint density at radius 2 is 2.00 bits per heavy atom. The number of carbonyl (C=O) groups excluding carboxylic acids is 1. The predicted octanol–water partition coefficient (Wildman–Crippen LogP) is 2.25. The summed E-state index contributed by atoms with van der Waals surface area (Å²) in [6, 6.07) is 0. The zero-order valence-corrected chi connectivity index (χ0v) is 12.3. The molecule has 0 spiro atoms. The van der Waals surface area contributed by atoms with Gasteiger partial charge in [-0.1, -0.05) is 12.2 Å². The summed E-state index contributed by atoms with van der Waals surface area (Å²) in [7, 11) is -2.80. The average Bonchev–Trinajstić information content (AvgIpc) is 2.36. The molecule has 0 heterocycles. The van der Waals surface area contributed by atoms with Gasteiger partial charge >= 0.3 is 12.1 Å². The number of terminal acetylenes is 1. The highest BCUT2D eigenvalue weighted by atomic mass is 32.2.